The van der Waals surface area contributed by atoms with E-state index in [2.05, 4.69) is 16.0 Å². The minimum Gasteiger partial charge on any atom is -0.355 e. The first-order valence-corrected chi connectivity index (χ1v) is 6.76. The standard InChI is InChI=1S/C15H23N3O2/c1-9(2)11(4)17-15(20)18-13-8-6-7-12(10(13)3)14(19)16-5/h6-9,11H,1-5H3,(H,16,19)(H2,17,18,20). The fourth-order valence-electron chi connectivity index (χ4n) is 1.68. The van der Waals surface area contributed by atoms with Crippen LogP contribution in [0.4, 0.5) is 10.5 Å². The van der Waals surface area contributed by atoms with Crippen LogP contribution in [0.3, 0.4) is 0 Å². The Morgan fingerprint density at radius 2 is 1.80 bits per heavy atom. The molecule has 1 atom stereocenters. The molecule has 0 aliphatic heterocycles. The maximum absolute atomic E-state index is 11.9. The molecular weight excluding hydrogens is 254 g/mol. The molecule has 3 amide bonds. The lowest BCUT2D eigenvalue weighted by Crippen LogP contribution is -2.39. The van der Waals surface area contributed by atoms with Crippen LogP contribution in [0.2, 0.25) is 0 Å². The largest absolute Gasteiger partial charge is 0.355 e. The average Bonchev–Trinajstić information content (AvgIpc) is 2.40. The van der Waals surface area contributed by atoms with Crippen molar-refractivity contribution in [3.8, 4) is 0 Å². The summed E-state index contributed by atoms with van der Waals surface area (Å²) in [6.45, 7) is 7.86. The van der Waals surface area contributed by atoms with Crippen LogP contribution >= 0.6 is 0 Å². The van der Waals surface area contributed by atoms with Crippen LogP contribution in [0.25, 0.3) is 0 Å². The number of hydrogen-bond acceptors (Lipinski definition) is 2. The summed E-state index contributed by atoms with van der Waals surface area (Å²) in [5.74, 6) is 0.196. The molecular formula is C15H23N3O2. The van der Waals surface area contributed by atoms with Crippen molar-refractivity contribution in [3.63, 3.8) is 0 Å². The van der Waals surface area contributed by atoms with E-state index in [0.717, 1.165) is 5.56 Å². The monoisotopic (exact) mass is 277 g/mol. The number of urea groups is 1. The van der Waals surface area contributed by atoms with Crippen LogP contribution in [-0.4, -0.2) is 25.0 Å². The van der Waals surface area contributed by atoms with E-state index in [9.17, 15) is 9.59 Å². The van der Waals surface area contributed by atoms with Crippen molar-refractivity contribution in [2.75, 3.05) is 12.4 Å². The summed E-state index contributed by atoms with van der Waals surface area (Å²) in [5, 5.41) is 8.23. The zero-order chi connectivity index (χ0) is 15.3. The number of benzene rings is 1. The van der Waals surface area contributed by atoms with Crippen LogP contribution in [0.5, 0.6) is 0 Å². The van der Waals surface area contributed by atoms with Crippen LogP contribution in [0.1, 0.15) is 36.7 Å². The van der Waals surface area contributed by atoms with Crippen molar-refractivity contribution in [3.05, 3.63) is 29.3 Å². The Morgan fingerprint density at radius 3 is 2.35 bits per heavy atom. The summed E-state index contributed by atoms with van der Waals surface area (Å²) in [6, 6.07) is 5.08. The van der Waals surface area contributed by atoms with Crippen LogP contribution < -0.4 is 16.0 Å². The Morgan fingerprint density at radius 1 is 1.15 bits per heavy atom. The minimum atomic E-state index is -0.261. The molecule has 1 unspecified atom stereocenters. The number of anilines is 1. The van der Waals surface area contributed by atoms with E-state index >= 15 is 0 Å². The average molecular weight is 277 g/mol. The van der Waals surface area contributed by atoms with Crippen molar-refractivity contribution in [2.45, 2.75) is 33.7 Å². The number of carbonyl (C=O) groups excluding carboxylic acids is 2. The maximum atomic E-state index is 11.9. The summed E-state index contributed by atoms with van der Waals surface area (Å²) < 4.78 is 0. The molecule has 0 bridgehead atoms. The van der Waals surface area contributed by atoms with Crippen molar-refractivity contribution >= 4 is 17.6 Å². The number of rotatable bonds is 4. The van der Waals surface area contributed by atoms with Gasteiger partial charge in [0.05, 0.1) is 0 Å². The van der Waals surface area contributed by atoms with E-state index in [0.29, 0.717) is 17.2 Å². The molecule has 0 fully saturated rings. The Hall–Kier alpha value is -2.04. The van der Waals surface area contributed by atoms with E-state index in [1.807, 2.05) is 27.7 Å². The van der Waals surface area contributed by atoms with Gasteiger partial charge in [0.2, 0.25) is 0 Å². The maximum Gasteiger partial charge on any atom is 0.319 e. The second-order valence-corrected chi connectivity index (χ2v) is 5.19. The fraction of sp³-hybridized carbons (Fsp3) is 0.467. The highest BCUT2D eigenvalue weighted by molar-refractivity contribution is 5.98. The molecule has 0 radical (unpaired) electrons. The Labute approximate surface area is 120 Å². The van der Waals surface area contributed by atoms with E-state index in [-0.39, 0.29) is 18.0 Å². The third-order valence-corrected chi connectivity index (χ3v) is 3.41. The lowest BCUT2D eigenvalue weighted by Gasteiger charge is -2.19. The summed E-state index contributed by atoms with van der Waals surface area (Å²) >= 11 is 0. The highest BCUT2D eigenvalue weighted by atomic mass is 16.2. The normalized spacial score (nSPS) is 11.9. The molecule has 0 saturated heterocycles. The molecule has 0 spiro atoms. The number of nitrogens with one attached hydrogen (secondary N) is 3. The van der Waals surface area contributed by atoms with Crippen molar-refractivity contribution in [2.24, 2.45) is 5.92 Å². The van der Waals surface area contributed by atoms with E-state index < -0.39 is 0 Å². The topological polar surface area (TPSA) is 70.2 Å². The molecule has 0 heterocycles. The third kappa shape index (κ3) is 3.98. The Bertz CT molecular complexity index is 498. The predicted octanol–water partition coefficient (Wildman–Crippen LogP) is 2.52. The summed E-state index contributed by atoms with van der Waals surface area (Å²) in [5.41, 5.74) is 1.95. The van der Waals surface area contributed by atoms with Gasteiger partial charge < -0.3 is 16.0 Å². The highest BCUT2D eigenvalue weighted by Crippen LogP contribution is 2.18. The molecule has 1 aromatic carbocycles. The van der Waals surface area contributed by atoms with E-state index in [1.54, 1.807) is 25.2 Å². The molecule has 0 saturated carbocycles. The third-order valence-electron chi connectivity index (χ3n) is 3.41. The van der Waals surface area contributed by atoms with Gasteiger partial charge in [-0.3, -0.25) is 4.79 Å². The first kappa shape index (κ1) is 16.0. The van der Waals surface area contributed by atoms with Gasteiger partial charge in [0.15, 0.2) is 0 Å². The van der Waals surface area contributed by atoms with Crippen molar-refractivity contribution in [1.82, 2.24) is 10.6 Å². The molecule has 5 nitrogen and oxygen atoms in total. The molecule has 110 valence electrons. The fourth-order valence-corrected chi connectivity index (χ4v) is 1.68. The molecule has 0 aliphatic carbocycles. The summed E-state index contributed by atoms with van der Waals surface area (Å²) in [4.78, 5) is 23.6. The van der Waals surface area contributed by atoms with E-state index in [4.69, 9.17) is 0 Å². The first-order chi connectivity index (χ1) is 9.36. The zero-order valence-electron chi connectivity index (χ0n) is 12.7. The van der Waals surface area contributed by atoms with Gasteiger partial charge in [-0.25, -0.2) is 4.79 Å². The lowest BCUT2D eigenvalue weighted by molar-refractivity contribution is 0.0962. The summed E-state index contributed by atoms with van der Waals surface area (Å²) in [7, 11) is 1.58. The van der Waals surface area contributed by atoms with Gasteiger partial charge in [-0.05, 0) is 37.5 Å². The van der Waals surface area contributed by atoms with Crippen LogP contribution in [-0.2, 0) is 0 Å². The number of carbonyl (C=O) groups is 2. The minimum absolute atomic E-state index is 0.0810. The smallest absolute Gasteiger partial charge is 0.319 e. The number of amides is 3. The SMILES string of the molecule is CNC(=O)c1cccc(NC(=O)NC(C)C(C)C)c1C. The highest BCUT2D eigenvalue weighted by Gasteiger charge is 2.14. The van der Waals surface area contributed by atoms with Crippen LogP contribution in [0, 0.1) is 12.8 Å². The van der Waals surface area contributed by atoms with Gasteiger partial charge in [0.25, 0.3) is 5.91 Å². The van der Waals surface area contributed by atoms with Gasteiger partial charge >= 0.3 is 6.03 Å². The summed E-state index contributed by atoms with van der Waals surface area (Å²) in [6.07, 6.45) is 0. The quantitative estimate of drug-likeness (QED) is 0.791. The van der Waals surface area contributed by atoms with Crippen molar-refractivity contribution in [1.29, 1.82) is 0 Å². The molecule has 0 aromatic heterocycles. The molecule has 3 N–H and O–H groups in total. The Kier molecular flexibility index (Phi) is 5.55. The van der Waals surface area contributed by atoms with Crippen molar-refractivity contribution < 1.29 is 9.59 Å². The molecule has 0 aliphatic rings. The lowest BCUT2D eigenvalue weighted by atomic mass is 10.1. The molecule has 5 heteroatoms. The van der Waals surface area contributed by atoms with Gasteiger partial charge in [-0.15, -0.1) is 0 Å². The van der Waals surface area contributed by atoms with Gasteiger partial charge in [-0.2, -0.15) is 0 Å². The second kappa shape index (κ2) is 6.93. The molecule has 20 heavy (non-hydrogen) atoms. The van der Waals surface area contributed by atoms with Gasteiger partial charge in [0.1, 0.15) is 0 Å². The van der Waals surface area contributed by atoms with E-state index in [1.165, 1.54) is 0 Å². The van der Waals surface area contributed by atoms with Gasteiger partial charge in [-0.1, -0.05) is 19.9 Å². The zero-order valence-corrected chi connectivity index (χ0v) is 12.7. The van der Waals surface area contributed by atoms with Crippen LogP contribution in [0.15, 0.2) is 18.2 Å². The van der Waals surface area contributed by atoms with Gasteiger partial charge in [0, 0.05) is 24.3 Å². The first-order valence-electron chi connectivity index (χ1n) is 6.76. The molecule has 1 rings (SSSR count). The second-order valence-electron chi connectivity index (χ2n) is 5.19. The molecule has 1 aromatic rings. The number of hydrogen-bond donors (Lipinski definition) is 3. The Balaban J connectivity index is 2.83. The predicted molar refractivity (Wildman–Crippen MR) is 81.0 cm³/mol.